The van der Waals surface area contributed by atoms with E-state index >= 15 is 0 Å². The Morgan fingerprint density at radius 2 is 1.82 bits per heavy atom. The third-order valence-electron chi connectivity index (χ3n) is 3.59. The maximum atomic E-state index is 4.83. The van der Waals surface area contributed by atoms with E-state index in [0.717, 1.165) is 12.8 Å². The highest BCUT2D eigenvalue weighted by Gasteiger charge is 2.34. The third kappa shape index (κ3) is 4.54. The maximum Gasteiger partial charge on any atom is 0.0128 e. The number of allylic oxidation sites excluding steroid dienone is 3. The van der Waals surface area contributed by atoms with Gasteiger partial charge in [0.2, 0.25) is 0 Å². The second kappa shape index (κ2) is 7.31. The molecule has 100 valence electrons. The van der Waals surface area contributed by atoms with Crippen LogP contribution in [0.15, 0.2) is 24.3 Å². The van der Waals surface area contributed by atoms with Gasteiger partial charge in [0.1, 0.15) is 0 Å². The predicted molar refractivity (Wildman–Crippen MR) is 83.7 cm³/mol. The van der Waals surface area contributed by atoms with Crippen LogP contribution in [0.1, 0.15) is 54.4 Å². The van der Waals surface area contributed by atoms with E-state index in [0.29, 0.717) is 17.1 Å². The Bertz CT molecular complexity index is 261. The standard InChI is InChI=1S/C16H30S/c1-8-10-13(5)14(11-9-2)16(6,7)15(17)12(3)4/h8,11-13,15,17H,1,9-10H2,2-7H3/b14-11+. The first-order chi connectivity index (χ1) is 7.78. The number of thiol groups is 1. The summed E-state index contributed by atoms with van der Waals surface area (Å²) < 4.78 is 0. The van der Waals surface area contributed by atoms with Crippen LogP contribution < -0.4 is 0 Å². The number of hydrogen-bond donors (Lipinski definition) is 1. The second-order valence-corrected chi connectivity index (χ2v) is 6.46. The minimum absolute atomic E-state index is 0.149. The maximum absolute atomic E-state index is 4.83. The first-order valence-electron chi connectivity index (χ1n) is 6.78. The molecule has 0 nitrogen and oxygen atoms in total. The Morgan fingerprint density at radius 1 is 1.29 bits per heavy atom. The van der Waals surface area contributed by atoms with E-state index in [1.54, 1.807) is 0 Å². The van der Waals surface area contributed by atoms with Gasteiger partial charge in [-0.05, 0) is 30.1 Å². The summed E-state index contributed by atoms with van der Waals surface area (Å²) in [6.45, 7) is 17.5. The monoisotopic (exact) mass is 254 g/mol. The third-order valence-corrected chi connectivity index (χ3v) is 4.83. The summed E-state index contributed by atoms with van der Waals surface area (Å²) in [7, 11) is 0. The lowest BCUT2D eigenvalue weighted by molar-refractivity contribution is 0.330. The Morgan fingerprint density at radius 3 is 2.18 bits per heavy atom. The van der Waals surface area contributed by atoms with E-state index in [4.69, 9.17) is 12.6 Å². The summed E-state index contributed by atoms with van der Waals surface area (Å²) in [4.78, 5) is 0. The number of hydrogen-bond acceptors (Lipinski definition) is 1. The molecule has 0 aromatic rings. The van der Waals surface area contributed by atoms with Crippen molar-refractivity contribution >= 4 is 12.6 Å². The molecule has 0 aliphatic carbocycles. The first kappa shape index (κ1) is 16.8. The Kier molecular flexibility index (Phi) is 7.23. The highest BCUT2D eigenvalue weighted by Crippen LogP contribution is 2.42. The molecule has 2 unspecified atom stereocenters. The van der Waals surface area contributed by atoms with Crippen LogP contribution in [0.25, 0.3) is 0 Å². The molecule has 0 aromatic heterocycles. The van der Waals surface area contributed by atoms with Gasteiger partial charge in [-0.3, -0.25) is 0 Å². The molecule has 0 heterocycles. The average molecular weight is 254 g/mol. The Hall–Kier alpha value is -0.170. The SMILES string of the molecule is C=CCC(C)/C(=C\CC)C(C)(C)C(S)C(C)C. The van der Waals surface area contributed by atoms with Crippen molar-refractivity contribution in [2.45, 2.75) is 59.6 Å². The normalized spacial score (nSPS) is 17.1. The van der Waals surface area contributed by atoms with E-state index < -0.39 is 0 Å². The van der Waals surface area contributed by atoms with Gasteiger partial charge >= 0.3 is 0 Å². The second-order valence-electron chi connectivity index (χ2n) is 5.90. The smallest absolute Gasteiger partial charge is 0.0128 e. The zero-order valence-corrected chi connectivity index (χ0v) is 13.3. The van der Waals surface area contributed by atoms with Crippen LogP contribution in [-0.4, -0.2) is 5.25 Å². The lowest BCUT2D eigenvalue weighted by Gasteiger charge is -2.39. The van der Waals surface area contributed by atoms with Gasteiger partial charge in [-0.15, -0.1) is 6.58 Å². The summed E-state index contributed by atoms with van der Waals surface area (Å²) >= 11 is 4.83. The predicted octanol–water partition coefficient (Wildman–Crippen LogP) is 5.52. The molecule has 0 aromatic carbocycles. The van der Waals surface area contributed by atoms with E-state index in [1.165, 1.54) is 5.57 Å². The van der Waals surface area contributed by atoms with Crippen molar-refractivity contribution in [3.8, 4) is 0 Å². The fraction of sp³-hybridized carbons (Fsp3) is 0.750. The molecule has 0 amide bonds. The van der Waals surface area contributed by atoms with Crippen LogP contribution in [0, 0.1) is 17.3 Å². The lowest BCUT2D eigenvalue weighted by atomic mass is 9.71. The molecule has 0 bridgehead atoms. The summed E-state index contributed by atoms with van der Waals surface area (Å²) in [6.07, 6.45) is 6.56. The van der Waals surface area contributed by atoms with Crippen LogP contribution >= 0.6 is 12.6 Å². The molecule has 0 spiro atoms. The van der Waals surface area contributed by atoms with Crippen LogP contribution in [-0.2, 0) is 0 Å². The van der Waals surface area contributed by atoms with Crippen LogP contribution in [0.3, 0.4) is 0 Å². The summed E-state index contributed by atoms with van der Waals surface area (Å²) in [5, 5.41) is 0.396. The minimum atomic E-state index is 0.149. The molecule has 0 aliphatic heterocycles. The Labute approximate surface area is 114 Å². The fourth-order valence-electron chi connectivity index (χ4n) is 2.70. The molecule has 0 saturated heterocycles. The summed E-state index contributed by atoms with van der Waals surface area (Å²) in [6, 6.07) is 0. The van der Waals surface area contributed by atoms with Gasteiger partial charge in [0.25, 0.3) is 0 Å². The summed E-state index contributed by atoms with van der Waals surface area (Å²) in [5.41, 5.74) is 1.68. The molecule has 0 N–H and O–H groups in total. The highest BCUT2D eigenvalue weighted by atomic mass is 32.1. The van der Waals surface area contributed by atoms with Gasteiger partial charge in [0, 0.05) is 5.25 Å². The molecule has 0 fully saturated rings. The fourth-order valence-corrected chi connectivity index (χ4v) is 2.85. The first-order valence-corrected chi connectivity index (χ1v) is 7.30. The Balaban J connectivity index is 5.17. The van der Waals surface area contributed by atoms with E-state index in [9.17, 15) is 0 Å². The molecule has 2 atom stereocenters. The van der Waals surface area contributed by atoms with Gasteiger partial charge in [-0.1, -0.05) is 59.3 Å². The lowest BCUT2D eigenvalue weighted by Crippen LogP contribution is -2.33. The quantitative estimate of drug-likeness (QED) is 0.449. The molecule has 0 radical (unpaired) electrons. The van der Waals surface area contributed by atoms with Gasteiger partial charge in [0.05, 0.1) is 0 Å². The summed E-state index contributed by atoms with van der Waals surface area (Å²) in [5.74, 6) is 1.15. The topological polar surface area (TPSA) is 0 Å². The van der Waals surface area contributed by atoms with Crippen molar-refractivity contribution in [3.63, 3.8) is 0 Å². The molecule has 1 heteroatoms. The zero-order valence-electron chi connectivity index (χ0n) is 12.5. The molecule has 17 heavy (non-hydrogen) atoms. The van der Waals surface area contributed by atoms with Crippen molar-refractivity contribution in [3.05, 3.63) is 24.3 Å². The minimum Gasteiger partial charge on any atom is -0.175 e. The molecule has 0 aliphatic rings. The van der Waals surface area contributed by atoms with Gasteiger partial charge in [-0.25, -0.2) is 0 Å². The van der Waals surface area contributed by atoms with E-state index in [1.807, 2.05) is 6.08 Å². The zero-order chi connectivity index (χ0) is 13.6. The molecular formula is C16H30S. The van der Waals surface area contributed by atoms with E-state index in [2.05, 4.69) is 54.2 Å². The van der Waals surface area contributed by atoms with Crippen molar-refractivity contribution in [2.75, 3.05) is 0 Å². The van der Waals surface area contributed by atoms with E-state index in [-0.39, 0.29) is 5.41 Å². The highest BCUT2D eigenvalue weighted by molar-refractivity contribution is 7.81. The molecule has 0 rings (SSSR count). The van der Waals surface area contributed by atoms with Crippen LogP contribution in [0.5, 0.6) is 0 Å². The van der Waals surface area contributed by atoms with Crippen molar-refractivity contribution in [1.29, 1.82) is 0 Å². The van der Waals surface area contributed by atoms with Crippen molar-refractivity contribution in [2.24, 2.45) is 17.3 Å². The van der Waals surface area contributed by atoms with Gasteiger partial charge in [0.15, 0.2) is 0 Å². The van der Waals surface area contributed by atoms with Gasteiger partial charge < -0.3 is 0 Å². The van der Waals surface area contributed by atoms with Crippen molar-refractivity contribution in [1.82, 2.24) is 0 Å². The number of rotatable bonds is 7. The van der Waals surface area contributed by atoms with Crippen LogP contribution in [0.4, 0.5) is 0 Å². The molecular weight excluding hydrogens is 224 g/mol. The molecule has 0 saturated carbocycles. The van der Waals surface area contributed by atoms with Crippen LogP contribution in [0.2, 0.25) is 0 Å². The van der Waals surface area contributed by atoms with Crippen molar-refractivity contribution < 1.29 is 0 Å². The largest absolute Gasteiger partial charge is 0.175 e. The average Bonchev–Trinajstić information content (AvgIpc) is 2.24. The van der Waals surface area contributed by atoms with Gasteiger partial charge in [-0.2, -0.15) is 12.6 Å².